The first-order valence-electron chi connectivity index (χ1n) is 3.72. The van der Waals surface area contributed by atoms with Gasteiger partial charge < -0.3 is 0 Å². The Bertz CT molecular complexity index is 455. The average molecular weight is 206 g/mol. The van der Waals surface area contributed by atoms with Crippen LogP contribution in [0, 0.1) is 15.6 Å². The number of hydrogen-bond acceptors (Lipinski definition) is 5. The van der Waals surface area contributed by atoms with Crippen LogP contribution in [0.25, 0.3) is 10.6 Å². The van der Waals surface area contributed by atoms with Gasteiger partial charge in [-0.15, -0.1) is 10.2 Å². The van der Waals surface area contributed by atoms with E-state index in [4.69, 9.17) is 0 Å². The Morgan fingerprint density at radius 2 is 2.36 bits per heavy atom. The minimum absolute atomic E-state index is 0.0534. The van der Waals surface area contributed by atoms with Crippen LogP contribution in [0.3, 0.4) is 0 Å². The molecule has 0 spiro atoms. The number of non-ortho nitro benzene ring substituents is 1. The van der Waals surface area contributed by atoms with Crippen LogP contribution in [0.15, 0.2) is 24.3 Å². The SMILES string of the molecule is O=[N+]([O-])c1cccc(-c2nn[c]s2)c1. The van der Waals surface area contributed by atoms with Crippen molar-refractivity contribution in [2.24, 2.45) is 0 Å². The molecule has 6 heteroatoms. The van der Waals surface area contributed by atoms with Crippen molar-refractivity contribution in [2.75, 3.05) is 0 Å². The van der Waals surface area contributed by atoms with Gasteiger partial charge in [-0.2, -0.15) is 0 Å². The van der Waals surface area contributed by atoms with Crippen LogP contribution in [-0.2, 0) is 0 Å². The van der Waals surface area contributed by atoms with Gasteiger partial charge in [0.15, 0.2) is 5.51 Å². The van der Waals surface area contributed by atoms with Crippen LogP contribution in [0.5, 0.6) is 0 Å². The molecule has 0 amide bonds. The van der Waals surface area contributed by atoms with Crippen molar-refractivity contribution in [1.82, 2.24) is 10.2 Å². The van der Waals surface area contributed by atoms with Crippen molar-refractivity contribution < 1.29 is 4.92 Å². The lowest BCUT2D eigenvalue weighted by Gasteiger charge is -1.94. The summed E-state index contributed by atoms with van der Waals surface area (Å²) in [7, 11) is 0. The van der Waals surface area contributed by atoms with Crippen molar-refractivity contribution in [3.05, 3.63) is 39.9 Å². The number of nitro benzene ring substituents is 1. The molecule has 0 N–H and O–H groups in total. The lowest BCUT2D eigenvalue weighted by Crippen LogP contribution is -1.87. The first kappa shape index (κ1) is 8.76. The number of hydrogen-bond donors (Lipinski definition) is 0. The summed E-state index contributed by atoms with van der Waals surface area (Å²) in [4.78, 5) is 10.1. The Morgan fingerprint density at radius 3 is 3.00 bits per heavy atom. The Balaban J connectivity index is 2.46. The largest absolute Gasteiger partial charge is 0.270 e. The fourth-order valence-corrected chi connectivity index (χ4v) is 1.51. The predicted molar refractivity (Wildman–Crippen MR) is 50.8 cm³/mol. The number of rotatable bonds is 2. The minimum Gasteiger partial charge on any atom is -0.258 e. The molecule has 5 nitrogen and oxygen atoms in total. The molecule has 0 aliphatic carbocycles. The normalized spacial score (nSPS) is 10.0. The summed E-state index contributed by atoms with van der Waals surface area (Å²) < 4.78 is 0. The van der Waals surface area contributed by atoms with Gasteiger partial charge in [0, 0.05) is 17.7 Å². The molecule has 0 atom stereocenters. The molecule has 14 heavy (non-hydrogen) atoms. The molecule has 69 valence electrons. The van der Waals surface area contributed by atoms with Gasteiger partial charge in [0.25, 0.3) is 5.69 Å². The molecule has 1 aromatic carbocycles. The first-order valence-corrected chi connectivity index (χ1v) is 4.53. The highest BCUT2D eigenvalue weighted by Gasteiger charge is 2.08. The van der Waals surface area contributed by atoms with E-state index in [-0.39, 0.29) is 5.69 Å². The third kappa shape index (κ3) is 1.60. The summed E-state index contributed by atoms with van der Waals surface area (Å²) in [6.07, 6.45) is 0. The molecular formula is C8H4N3O2S. The second-order valence-electron chi connectivity index (χ2n) is 2.51. The fourth-order valence-electron chi connectivity index (χ4n) is 1.02. The monoisotopic (exact) mass is 206 g/mol. The van der Waals surface area contributed by atoms with Crippen molar-refractivity contribution >= 4 is 17.0 Å². The molecule has 1 heterocycles. The van der Waals surface area contributed by atoms with Crippen LogP contribution in [-0.4, -0.2) is 15.1 Å². The number of benzene rings is 1. The topological polar surface area (TPSA) is 68.9 Å². The van der Waals surface area contributed by atoms with Crippen LogP contribution >= 0.6 is 11.3 Å². The van der Waals surface area contributed by atoms with Crippen molar-refractivity contribution in [1.29, 1.82) is 0 Å². The maximum Gasteiger partial charge on any atom is 0.270 e. The van der Waals surface area contributed by atoms with Crippen LogP contribution in [0.4, 0.5) is 5.69 Å². The smallest absolute Gasteiger partial charge is 0.258 e. The van der Waals surface area contributed by atoms with E-state index in [1.54, 1.807) is 12.1 Å². The Labute approximate surface area is 83.2 Å². The molecule has 0 saturated heterocycles. The first-order chi connectivity index (χ1) is 6.77. The highest BCUT2D eigenvalue weighted by Crippen LogP contribution is 2.23. The van der Waals surface area contributed by atoms with E-state index in [9.17, 15) is 10.1 Å². The maximum absolute atomic E-state index is 10.5. The minimum atomic E-state index is -0.436. The fraction of sp³-hybridized carbons (Fsp3) is 0. The van der Waals surface area contributed by atoms with Crippen molar-refractivity contribution in [2.45, 2.75) is 0 Å². The highest BCUT2D eigenvalue weighted by molar-refractivity contribution is 7.12. The third-order valence-corrected chi connectivity index (χ3v) is 2.31. The molecule has 0 saturated carbocycles. The van der Waals surface area contributed by atoms with Crippen molar-refractivity contribution in [3.63, 3.8) is 0 Å². The van der Waals surface area contributed by atoms with E-state index in [1.807, 2.05) is 0 Å². The molecule has 0 bridgehead atoms. The zero-order valence-electron chi connectivity index (χ0n) is 6.88. The van der Waals surface area contributed by atoms with Crippen LogP contribution in [0.1, 0.15) is 0 Å². The molecule has 0 fully saturated rings. The van der Waals surface area contributed by atoms with E-state index in [2.05, 4.69) is 15.7 Å². The predicted octanol–water partition coefficient (Wildman–Crippen LogP) is 1.91. The lowest BCUT2D eigenvalue weighted by molar-refractivity contribution is -0.384. The Kier molecular flexibility index (Phi) is 2.19. The van der Waals surface area contributed by atoms with E-state index in [1.165, 1.54) is 23.5 Å². The van der Waals surface area contributed by atoms with E-state index in [0.717, 1.165) is 0 Å². The summed E-state index contributed by atoms with van der Waals surface area (Å²) in [6, 6.07) is 6.28. The Hall–Kier alpha value is -1.82. The Morgan fingerprint density at radius 1 is 1.50 bits per heavy atom. The van der Waals surface area contributed by atoms with Crippen molar-refractivity contribution in [3.8, 4) is 10.6 Å². The van der Waals surface area contributed by atoms with Gasteiger partial charge in [-0.1, -0.05) is 23.5 Å². The average Bonchev–Trinajstić information content (AvgIpc) is 2.71. The summed E-state index contributed by atoms with van der Waals surface area (Å²) in [5, 5.41) is 18.4. The summed E-state index contributed by atoms with van der Waals surface area (Å²) in [5.41, 5.74) is 3.33. The van der Waals surface area contributed by atoms with Gasteiger partial charge in [-0.05, 0) is 0 Å². The van der Waals surface area contributed by atoms with E-state index < -0.39 is 4.92 Å². The molecule has 1 aromatic heterocycles. The van der Waals surface area contributed by atoms with Gasteiger partial charge >= 0.3 is 0 Å². The maximum atomic E-state index is 10.5. The molecule has 0 unspecified atom stereocenters. The number of nitro groups is 1. The van der Waals surface area contributed by atoms with E-state index in [0.29, 0.717) is 10.6 Å². The molecule has 0 aliphatic rings. The second kappa shape index (κ2) is 3.51. The standard InChI is InChI=1S/C8H4N3O2S/c12-11(13)7-3-1-2-6(4-7)8-10-9-5-14-8/h1-4H. The summed E-state index contributed by atoms with van der Waals surface area (Å²) >= 11 is 1.23. The summed E-state index contributed by atoms with van der Waals surface area (Å²) in [6.45, 7) is 0. The molecule has 2 aromatic rings. The van der Waals surface area contributed by atoms with Crippen LogP contribution in [0.2, 0.25) is 0 Å². The van der Waals surface area contributed by atoms with E-state index >= 15 is 0 Å². The quantitative estimate of drug-likeness (QED) is 0.556. The van der Waals surface area contributed by atoms with Gasteiger partial charge in [0.1, 0.15) is 5.01 Å². The molecule has 1 radical (unpaired) electrons. The molecule has 2 rings (SSSR count). The van der Waals surface area contributed by atoms with Gasteiger partial charge in [0.2, 0.25) is 0 Å². The number of nitrogens with zero attached hydrogens (tertiary/aromatic N) is 3. The van der Waals surface area contributed by atoms with Gasteiger partial charge in [0.05, 0.1) is 4.92 Å². The zero-order valence-corrected chi connectivity index (χ0v) is 7.69. The van der Waals surface area contributed by atoms with Gasteiger partial charge in [-0.3, -0.25) is 10.1 Å². The second-order valence-corrected chi connectivity index (χ2v) is 3.28. The summed E-state index contributed by atoms with van der Waals surface area (Å²) in [5.74, 6) is 0. The third-order valence-electron chi connectivity index (χ3n) is 1.63. The molecule has 0 aliphatic heterocycles. The zero-order chi connectivity index (χ0) is 9.97. The van der Waals surface area contributed by atoms with Crippen LogP contribution < -0.4 is 0 Å². The van der Waals surface area contributed by atoms with Gasteiger partial charge in [-0.25, -0.2) is 0 Å². The lowest BCUT2D eigenvalue weighted by atomic mass is 10.2. The highest BCUT2D eigenvalue weighted by atomic mass is 32.1. The number of aromatic nitrogens is 2. The molecular weight excluding hydrogens is 202 g/mol.